The molecule has 0 bridgehead atoms. The molecule has 1 rings (SSSR count). The highest BCUT2D eigenvalue weighted by molar-refractivity contribution is 6.67. The maximum absolute atomic E-state index is 5.57. The van der Waals surface area contributed by atoms with Crippen LogP contribution in [0.3, 0.4) is 0 Å². The molecule has 4 heteroatoms. The quantitative estimate of drug-likeness (QED) is 0.522. The van der Waals surface area contributed by atoms with Crippen molar-refractivity contribution >= 4 is 34.8 Å². The molecule has 1 aliphatic heterocycles. The Kier molecular flexibility index (Phi) is 2.97. The lowest BCUT2D eigenvalue weighted by atomic mass is 10.1. The van der Waals surface area contributed by atoms with Crippen LogP contribution in [0.4, 0.5) is 0 Å². The molecule has 1 unspecified atom stereocenters. The molecule has 0 radical (unpaired) electrons. The monoisotopic (exact) mass is 216 g/mol. The van der Waals surface area contributed by atoms with Crippen LogP contribution in [0.15, 0.2) is 0 Å². The first kappa shape index (κ1) is 9.91. The Morgan fingerprint density at radius 3 is 2.36 bits per heavy atom. The van der Waals surface area contributed by atoms with Crippen LogP contribution in [-0.2, 0) is 4.74 Å². The Hall–Kier alpha value is 0.830. The molecule has 1 atom stereocenters. The van der Waals surface area contributed by atoms with Gasteiger partial charge in [-0.2, -0.15) is 0 Å². The predicted molar refractivity (Wildman–Crippen MR) is 48.5 cm³/mol. The summed E-state index contributed by atoms with van der Waals surface area (Å²) in [6.45, 7) is 2.93. The van der Waals surface area contributed by atoms with E-state index in [0.717, 1.165) is 19.4 Å². The van der Waals surface area contributed by atoms with E-state index in [1.807, 2.05) is 0 Å². The number of hydrogen-bond acceptors (Lipinski definition) is 1. The van der Waals surface area contributed by atoms with Crippen molar-refractivity contribution < 1.29 is 4.74 Å². The molecule has 0 aromatic heterocycles. The molecule has 0 aliphatic carbocycles. The first-order valence-electron chi connectivity index (χ1n) is 3.62. The topological polar surface area (TPSA) is 12.5 Å². The van der Waals surface area contributed by atoms with E-state index in [9.17, 15) is 0 Å². The molecular weight excluding hydrogens is 206 g/mol. The predicted octanol–water partition coefficient (Wildman–Crippen LogP) is 3.32. The highest BCUT2D eigenvalue weighted by Gasteiger charge is 2.38. The van der Waals surface area contributed by atoms with Crippen molar-refractivity contribution in [1.82, 2.24) is 0 Å². The molecular formula is C7H11Cl3O. The lowest BCUT2D eigenvalue weighted by molar-refractivity contribution is 0.302. The molecule has 0 spiro atoms. The van der Waals surface area contributed by atoms with Crippen LogP contribution in [-0.4, -0.2) is 16.0 Å². The maximum Gasteiger partial charge on any atom is 0.190 e. The summed E-state index contributed by atoms with van der Waals surface area (Å²) in [5.41, 5.74) is 0.0932. The van der Waals surface area contributed by atoms with Gasteiger partial charge >= 0.3 is 0 Å². The fourth-order valence-electron chi connectivity index (χ4n) is 0.930. The Bertz CT molecular complexity index is 132. The zero-order valence-corrected chi connectivity index (χ0v) is 8.64. The van der Waals surface area contributed by atoms with Crippen molar-refractivity contribution in [2.45, 2.75) is 35.6 Å². The first-order chi connectivity index (χ1) is 4.91. The number of hydrogen-bond donors (Lipinski definition) is 0. The van der Waals surface area contributed by atoms with Gasteiger partial charge in [-0.15, -0.1) is 0 Å². The van der Waals surface area contributed by atoms with Gasteiger partial charge in [-0.05, 0) is 26.2 Å². The van der Waals surface area contributed by atoms with Crippen molar-refractivity contribution in [3.63, 3.8) is 0 Å². The number of halogens is 3. The second-order valence-electron chi connectivity index (χ2n) is 3.21. The molecule has 1 saturated heterocycles. The molecule has 11 heavy (non-hydrogen) atoms. The third-order valence-corrected chi connectivity index (χ3v) is 2.37. The van der Waals surface area contributed by atoms with Gasteiger partial charge in [-0.1, -0.05) is 34.8 Å². The molecule has 1 aliphatic rings. The van der Waals surface area contributed by atoms with Crippen LogP contribution < -0.4 is 0 Å². The Morgan fingerprint density at radius 2 is 2.00 bits per heavy atom. The molecule has 66 valence electrons. The molecule has 1 heterocycles. The van der Waals surface area contributed by atoms with Gasteiger partial charge in [-0.3, -0.25) is 0 Å². The fourth-order valence-corrected chi connectivity index (χ4v) is 1.33. The number of rotatable bonds is 3. The van der Waals surface area contributed by atoms with Gasteiger partial charge in [0, 0.05) is 0 Å². The highest BCUT2D eigenvalue weighted by Crippen LogP contribution is 2.36. The maximum atomic E-state index is 5.57. The van der Waals surface area contributed by atoms with E-state index in [0.29, 0.717) is 6.42 Å². The van der Waals surface area contributed by atoms with E-state index < -0.39 is 3.79 Å². The normalized spacial score (nSPS) is 30.5. The molecule has 0 amide bonds. The summed E-state index contributed by atoms with van der Waals surface area (Å²) in [5.74, 6) is 0. The first-order valence-corrected chi connectivity index (χ1v) is 4.75. The van der Waals surface area contributed by atoms with Gasteiger partial charge in [-0.25, -0.2) is 0 Å². The molecule has 0 aromatic rings. The number of epoxide rings is 1. The van der Waals surface area contributed by atoms with Crippen molar-refractivity contribution in [2.75, 3.05) is 6.61 Å². The Balaban J connectivity index is 2.05. The zero-order chi connectivity index (χ0) is 8.54. The van der Waals surface area contributed by atoms with Crippen LogP contribution in [0.2, 0.25) is 0 Å². The summed E-state index contributed by atoms with van der Waals surface area (Å²) in [7, 11) is 0. The minimum atomic E-state index is -1.09. The average molecular weight is 218 g/mol. The van der Waals surface area contributed by atoms with Crippen molar-refractivity contribution in [3.05, 3.63) is 0 Å². The highest BCUT2D eigenvalue weighted by atomic mass is 35.6. The SMILES string of the molecule is CC1(CCCC(Cl)(Cl)Cl)CO1. The van der Waals surface area contributed by atoms with Gasteiger partial charge in [0.2, 0.25) is 0 Å². The Labute approximate surface area is 81.9 Å². The molecule has 0 aromatic carbocycles. The van der Waals surface area contributed by atoms with Gasteiger partial charge < -0.3 is 4.74 Å². The summed E-state index contributed by atoms with van der Waals surface area (Å²) in [4.78, 5) is 0. The third-order valence-electron chi connectivity index (χ3n) is 1.80. The van der Waals surface area contributed by atoms with E-state index in [2.05, 4.69) is 6.92 Å². The zero-order valence-electron chi connectivity index (χ0n) is 6.37. The average Bonchev–Trinajstić information content (AvgIpc) is 2.44. The summed E-state index contributed by atoms with van der Waals surface area (Å²) in [6.07, 6.45) is 2.50. The van der Waals surface area contributed by atoms with Gasteiger partial charge in [0.1, 0.15) is 0 Å². The second-order valence-corrected chi connectivity index (χ2v) is 5.72. The van der Waals surface area contributed by atoms with Crippen LogP contribution in [0.25, 0.3) is 0 Å². The lowest BCUT2D eigenvalue weighted by Gasteiger charge is -2.10. The summed E-state index contributed by atoms with van der Waals surface area (Å²) in [5, 5.41) is 0. The largest absolute Gasteiger partial charge is 0.370 e. The van der Waals surface area contributed by atoms with Crippen molar-refractivity contribution in [2.24, 2.45) is 0 Å². The minimum Gasteiger partial charge on any atom is -0.370 e. The molecule has 1 fully saturated rings. The van der Waals surface area contributed by atoms with Gasteiger partial charge in [0.25, 0.3) is 0 Å². The van der Waals surface area contributed by atoms with Crippen molar-refractivity contribution in [3.8, 4) is 0 Å². The van der Waals surface area contributed by atoms with E-state index in [4.69, 9.17) is 39.5 Å². The number of alkyl halides is 3. The van der Waals surface area contributed by atoms with Crippen LogP contribution in [0, 0.1) is 0 Å². The van der Waals surface area contributed by atoms with Gasteiger partial charge in [0.05, 0.1) is 12.2 Å². The standard InChI is InChI=1S/C7H11Cl3O/c1-6(5-11-6)3-2-4-7(8,9)10/h2-5H2,1H3. The van der Waals surface area contributed by atoms with E-state index in [1.165, 1.54) is 0 Å². The molecule has 0 N–H and O–H groups in total. The van der Waals surface area contributed by atoms with Gasteiger partial charge in [0.15, 0.2) is 3.79 Å². The Morgan fingerprint density at radius 1 is 1.45 bits per heavy atom. The van der Waals surface area contributed by atoms with E-state index in [-0.39, 0.29) is 5.60 Å². The second kappa shape index (κ2) is 3.29. The third kappa shape index (κ3) is 4.41. The fraction of sp³-hybridized carbons (Fsp3) is 1.00. The van der Waals surface area contributed by atoms with Crippen LogP contribution in [0.5, 0.6) is 0 Å². The number of ether oxygens (including phenoxy) is 1. The lowest BCUT2D eigenvalue weighted by Crippen LogP contribution is -2.07. The molecule has 0 saturated carbocycles. The summed E-state index contributed by atoms with van der Waals surface area (Å²) >= 11 is 16.7. The van der Waals surface area contributed by atoms with E-state index >= 15 is 0 Å². The summed E-state index contributed by atoms with van der Waals surface area (Å²) < 4.78 is 4.09. The van der Waals surface area contributed by atoms with E-state index in [1.54, 1.807) is 0 Å². The van der Waals surface area contributed by atoms with Crippen LogP contribution in [0.1, 0.15) is 26.2 Å². The van der Waals surface area contributed by atoms with Crippen molar-refractivity contribution in [1.29, 1.82) is 0 Å². The summed E-state index contributed by atoms with van der Waals surface area (Å²) in [6, 6.07) is 0. The molecule has 1 nitrogen and oxygen atoms in total. The van der Waals surface area contributed by atoms with Crippen LogP contribution >= 0.6 is 34.8 Å². The smallest absolute Gasteiger partial charge is 0.190 e. The minimum absolute atomic E-state index is 0.0932.